The van der Waals surface area contributed by atoms with Crippen molar-refractivity contribution >= 4 is 11.8 Å². The van der Waals surface area contributed by atoms with E-state index < -0.39 is 0 Å². The molecule has 1 aliphatic rings. The van der Waals surface area contributed by atoms with Gasteiger partial charge in [-0.3, -0.25) is 0 Å². The van der Waals surface area contributed by atoms with Gasteiger partial charge in [0, 0.05) is 24.4 Å². The van der Waals surface area contributed by atoms with Crippen molar-refractivity contribution in [2.24, 2.45) is 5.92 Å². The van der Waals surface area contributed by atoms with E-state index in [4.69, 9.17) is 4.52 Å². The number of rotatable bonds is 7. The van der Waals surface area contributed by atoms with E-state index in [0.29, 0.717) is 0 Å². The molecule has 16 heavy (non-hydrogen) atoms. The molecule has 1 saturated carbocycles. The summed E-state index contributed by atoms with van der Waals surface area (Å²) in [4.78, 5) is 0. The van der Waals surface area contributed by atoms with Gasteiger partial charge in [0.1, 0.15) is 5.76 Å². The summed E-state index contributed by atoms with van der Waals surface area (Å²) in [6.45, 7) is 5.92. The Bertz CT molecular complexity index is 314. The van der Waals surface area contributed by atoms with Crippen molar-refractivity contribution in [2.45, 2.75) is 33.2 Å². The van der Waals surface area contributed by atoms with E-state index >= 15 is 0 Å². The molecular formula is C12H20N2OS. The van der Waals surface area contributed by atoms with Crippen molar-refractivity contribution in [3.8, 4) is 0 Å². The number of nitrogens with one attached hydrogen (secondary N) is 1. The van der Waals surface area contributed by atoms with Crippen molar-refractivity contribution < 1.29 is 4.52 Å². The van der Waals surface area contributed by atoms with Crippen LogP contribution < -0.4 is 5.32 Å². The Hall–Kier alpha value is -0.480. The molecule has 0 amide bonds. The summed E-state index contributed by atoms with van der Waals surface area (Å²) in [5.41, 5.74) is 2.22. The van der Waals surface area contributed by atoms with Crippen molar-refractivity contribution in [3.05, 3.63) is 17.0 Å². The summed E-state index contributed by atoms with van der Waals surface area (Å²) >= 11 is 2.07. The van der Waals surface area contributed by atoms with Gasteiger partial charge in [-0.2, -0.15) is 11.8 Å². The molecule has 0 radical (unpaired) electrons. The van der Waals surface area contributed by atoms with Crippen molar-refractivity contribution in [1.29, 1.82) is 0 Å². The third-order valence-electron chi connectivity index (χ3n) is 2.96. The highest BCUT2D eigenvalue weighted by Gasteiger charge is 2.20. The van der Waals surface area contributed by atoms with Gasteiger partial charge in [-0.1, -0.05) is 5.16 Å². The van der Waals surface area contributed by atoms with Gasteiger partial charge in [-0.25, -0.2) is 0 Å². The van der Waals surface area contributed by atoms with Gasteiger partial charge in [0.2, 0.25) is 0 Å². The van der Waals surface area contributed by atoms with E-state index in [1.165, 1.54) is 29.9 Å². The van der Waals surface area contributed by atoms with Crippen LogP contribution in [0.5, 0.6) is 0 Å². The Kier molecular flexibility index (Phi) is 4.29. The third kappa shape index (κ3) is 3.52. The number of aromatic nitrogens is 1. The van der Waals surface area contributed by atoms with E-state index in [0.717, 1.165) is 30.5 Å². The third-order valence-corrected chi connectivity index (χ3v) is 4.16. The standard InChI is InChI=1S/C12H20N2OS/c1-9-12(10(2)15-14-9)7-13-5-6-16-8-11-3-4-11/h11,13H,3-8H2,1-2H3. The highest BCUT2D eigenvalue weighted by atomic mass is 32.2. The lowest BCUT2D eigenvalue weighted by Crippen LogP contribution is -2.17. The second-order valence-electron chi connectivity index (χ2n) is 4.50. The first-order valence-corrected chi connectivity index (χ1v) is 7.13. The van der Waals surface area contributed by atoms with Crippen LogP contribution in [0.2, 0.25) is 0 Å². The molecule has 3 nitrogen and oxygen atoms in total. The van der Waals surface area contributed by atoms with Gasteiger partial charge < -0.3 is 9.84 Å². The van der Waals surface area contributed by atoms with Crippen LogP contribution in [0.4, 0.5) is 0 Å². The smallest absolute Gasteiger partial charge is 0.138 e. The molecule has 4 heteroatoms. The van der Waals surface area contributed by atoms with E-state index in [-0.39, 0.29) is 0 Å². The number of hydrogen-bond donors (Lipinski definition) is 1. The summed E-state index contributed by atoms with van der Waals surface area (Å²) in [6, 6.07) is 0. The first-order chi connectivity index (χ1) is 7.77. The molecule has 0 bridgehead atoms. The maximum atomic E-state index is 5.12. The number of thioether (sulfide) groups is 1. The molecular weight excluding hydrogens is 220 g/mol. The molecule has 90 valence electrons. The second kappa shape index (κ2) is 5.73. The van der Waals surface area contributed by atoms with Gasteiger partial charge >= 0.3 is 0 Å². The minimum atomic E-state index is 0.880. The molecule has 0 saturated heterocycles. The van der Waals surface area contributed by atoms with Crippen LogP contribution in [0.1, 0.15) is 29.9 Å². The van der Waals surface area contributed by atoms with E-state index in [1.54, 1.807) is 0 Å². The topological polar surface area (TPSA) is 38.1 Å². The van der Waals surface area contributed by atoms with Gasteiger partial charge in [0.05, 0.1) is 5.69 Å². The molecule has 1 aromatic heterocycles. The molecule has 1 fully saturated rings. The quantitative estimate of drug-likeness (QED) is 0.743. The average molecular weight is 240 g/mol. The summed E-state index contributed by atoms with van der Waals surface area (Å²) in [5, 5.41) is 7.39. The van der Waals surface area contributed by atoms with Crippen molar-refractivity contribution in [1.82, 2.24) is 10.5 Å². The Morgan fingerprint density at radius 2 is 2.25 bits per heavy atom. The average Bonchev–Trinajstić information content (AvgIpc) is 3.03. The monoisotopic (exact) mass is 240 g/mol. The van der Waals surface area contributed by atoms with Crippen LogP contribution in [-0.2, 0) is 6.54 Å². The molecule has 0 spiro atoms. The lowest BCUT2D eigenvalue weighted by Gasteiger charge is -2.04. The van der Waals surface area contributed by atoms with Gasteiger partial charge in [-0.15, -0.1) is 0 Å². The van der Waals surface area contributed by atoms with E-state index in [2.05, 4.69) is 22.2 Å². The largest absolute Gasteiger partial charge is 0.361 e. The van der Waals surface area contributed by atoms with Crippen LogP contribution in [0.3, 0.4) is 0 Å². The Morgan fingerprint density at radius 1 is 1.44 bits per heavy atom. The molecule has 2 rings (SSSR count). The molecule has 0 atom stereocenters. The Morgan fingerprint density at radius 3 is 2.88 bits per heavy atom. The SMILES string of the molecule is Cc1noc(C)c1CNCCSCC1CC1. The Balaban J connectivity index is 1.56. The van der Waals surface area contributed by atoms with Crippen LogP contribution in [-0.4, -0.2) is 23.2 Å². The molecule has 0 aliphatic heterocycles. The normalized spacial score (nSPS) is 15.6. The summed E-state index contributed by atoms with van der Waals surface area (Å²) < 4.78 is 5.12. The fraction of sp³-hybridized carbons (Fsp3) is 0.750. The van der Waals surface area contributed by atoms with Crippen molar-refractivity contribution in [2.75, 3.05) is 18.1 Å². The first kappa shape index (κ1) is 12.0. The van der Waals surface area contributed by atoms with Gasteiger partial charge in [-0.05, 0) is 38.4 Å². The van der Waals surface area contributed by atoms with E-state index in [9.17, 15) is 0 Å². The van der Waals surface area contributed by atoms with Crippen molar-refractivity contribution in [3.63, 3.8) is 0 Å². The highest BCUT2D eigenvalue weighted by molar-refractivity contribution is 7.99. The van der Waals surface area contributed by atoms with Crippen LogP contribution in [0.25, 0.3) is 0 Å². The molecule has 1 aromatic rings. The fourth-order valence-corrected chi connectivity index (χ4v) is 2.77. The highest BCUT2D eigenvalue weighted by Crippen LogP contribution is 2.32. The maximum absolute atomic E-state index is 5.12. The van der Waals surface area contributed by atoms with E-state index in [1.807, 2.05) is 13.8 Å². The molecule has 1 aliphatic carbocycles. The van der Waals surface area contributed by atoms with Crippen LogP contribution >= 0.6 is 11.8 Å². The predicted octanol–water partition coefficient (Wildman–Crippen LogP) is 2.52. The second-order valence-corrected chi connectivity index (χ2v) is 5.65. The Labute approximate surface area is 101 Å². The fourth-order valence-electron chi connectivity index (χ4n) is 1.65. The zero-order valence-corrected chi connectivity index (χ0v) is 10.9. The zero-order valence-electron chi connectivity index (χ0n) is 10.1. The predicted molar refractivity (Wildman–Crippen MR) is 67.7 cm³/mol. The number of hydrogen-bond acceptors (Lipinski definition) is 4. The molecule has 0 aromatic carbocycles. The minimum Gasteiger partial charge on any atom is -0.361 e. The maximum Gasteiger partial charge on any atom is 0.138 e. The summed E-state index contributed by atoms with van der Waals surface area (Å²) in [6.07, 6.45) is 2.92. The summed E-state index contributed by atoms with van der Waals surface area (Å²) in [7, 11) is 0. The molecule has 1 heterocycles. The van der Waals surface area contributed by atoms with Crippen LogP contribution in [0.15, 0.2) is 4.52 Å². The number of nitrogens with zero attached hydrogens (tertiary/aromatic N) is 1. The molecule has 0 unspecified atom stereocenters. The molecule has 1 N–H and O–H groups in total. The van der Waals surface area contributed by atoms with Gasteiger partial charge in [0.15, 0.2) is 0 Å². The number of aryl methyl sites for hydroxylation is 2. The lowest BCUT2D eigenvalue weighted by molar-refractivity contribution is 0.392. The first-order valence-electron chi connectivity index (χ1n) is 5.97. The zero-order chi connectivity index (χ0) is 11.4. The minimum absolute atomic E-state index is 0.880. The summed E-state index contributed by atoms with van der Waals surface area (Å²) in [5.74, 6) is 4.54. The van der Waals surface area contributed by atoms with Crippen LogP contribution in [0, 0.1) is 19.8 Å². The lowest BCUT2D eigenvalue weighted by atomic mass is 10.2. The van der Waals surface area contributed by atoms with Gasteiger partial charge in [0.25, 0.3) is 0 Å².